The molecule has 1 unspecified atom stereocenters. The molecule has 0 aromatic heterocycles. The van der Waals surface area contributed by atoms with E-state index >= 15 is 0 Å². The Bertz CT molecular complexity index is 540. The number of aliphatic carboxylic acids is 1. The van der Waals surface area contributed by atoms with Crippen LogP contribution in [0.15, 0.2) is 0 Å². The molecule has 0 saturated heterocycles. The van der Waals surface area contributed by atoms with Crippen LogP contribution < -0.4 is 0 Å². The highest BCUT2D eigenvalue weighted by atomic mass is 16.6. The molecule has 0 aliphatic heterocycles. The van der Waals surface area contributed by atoms with Crippen LogP contribution in [0.4, 0.5) is 0 Å². The van der Waals surface area contributed by atoms with Gasteiger partial charge in [0.25, 0.3) is 0 Å². The lowest BCUT2D eigenvalue weighted by Gasteiger charge is -2.33. The molecule has 28 heavy (non-hydrogen) atoms. The van der Waals surface area contributed by atoms with Crippen molar-refractivity contribution in [2.75, 3.05) is 19.8 Å². The van der Waals surface area contributed by atoms with E-state index in [0.29, 0.717) is 13.0 Å². The van der Waals surface area contributed by atoms with Crippen LogP contribution in [-0.2, 0) is 33.4 Å². The average molecular weight is 402 g/mol. The number of carbonyl (C=O) groups is 4. The van der Waals surface area contributed by atoms with Crippen LogP contribution in [0.2, 0.25) is 0 Å². The molecular weight excluding hydrogens is 368 g/mol. The van der Waals surface area contributed by atoms with Gasteiger partial charge in [-0.1, -0.05) is 20.3 Å². The van der Waals surface area contributed by atoms with Crippen molar-refractivity contribution in [1.82, 2.24) is 0 Å². The Morgan fingerprint density at radius 1 is 0.821 bits per heavy atom. The number of hydrogen-bond acceptors (Lipinski definition) is 7. The minimum atomic E-state index is -1.09. The molecule has 0 fully saturated rings. The van der Waals surface area contributed by atoms with Crippen LogP contribution >= 0.6 is 0 Å². The van der Waals surface area contributed by atoms with Gasteiger partial charge in [-0.2, -0.15) is 0 Å². The van der Waals surface area contributed by atoms with Crippen molar-refractivity contribution in [3.63, 3.8) is 0 Å². The van der Waals surface area contributed by atoms with E-state index in [1.165, 1.54) is 0 Å². The number of hydrogen-bond donors (Lipinski definition) is 1. The van der Waals surface area contributed by atoms with Crippen molar-refractivity contribution in [2.45, 2.75) is 73.1 Å². The zero-order valence-electron chi connectivity index (χ0n) is 17.7. The first kappa shape index (κ1) is 25.9. The monoisotopic (exact) mass is 402 g/mol. The Balaban J connectivity index is 4.52. The topological polar surface area (TPSA) is 116 Å². The summed E-state index contributed by atoms with van der Waals surface area (Å²) in [6.45, 7) is 9.14. The summed E-state index contributed by atoms with van der Waals surface area (Å²) < 4.78 is 15.3. The predicted molar refractivity (Wildman–Crippen MR) is 101 cm³/mol. The number of carboxylic acid groups (broad SMARTS) is 1. The van der Waals surface area contributed by atoms with Crippen LogP contribution in [0, 0.1) is 10.8 Å². The van der Waals surface area contributed by atoms with Gasteiger partial charge in [0.1, 0.15) is 13.2 Å². The van der Waals surface area contributed by atoms with E-state index in [1.54, 1.807) is 20.8 Å². The van der Waals surface area contributed by atoms with Crippen LogP contribution in [0.1, 0.15) is 73.1 Å². The first-order valence-corrected chi connectivity index (χ1v) is 9.70. The van der Waals surface area contributed by atoms with E-state index in [1.807, 2.05) is 13.8 Å². The van der Waals surface area contributed by atoms with Crippen LogP contribution in [-0.4, -0.2) is 48.8 Å². The minimum absolute atomic E-state index is 0.134. The molecule has 8 nitrogen and oxygen atoms in total. The molecule has 0 spiro atoms. The Hall–Kier alpha value is -2.12. The number of carboxylic acids is 1. The molecule has 1 atom stereocenters. The van der Waals surface area contributed by atoms with Gasteiger partial charge in [0.15, 0.2) is 0 Å². The molecule has 0 radical (unpaired) electrons. The number of rotatable bonds is 14. The Kier molecular flexibility index (Phi) is 11.4. The van der Waals surface area contributed by atoms with Crippen molar-refractivity contribution >= 4 is 23.9 Å². The molecule has 0 heterocycles. The molecule has 0 rings (SSSR count). The first-order chi connectivity index (χ1) is 13.0. The first-order valence-electron chi connectivity index (χ1n) is 9.70. The second kappa shape index (κ2) is 12.4. The highest BCUT2D eigenvalue weighted by Gasteiger charge is 2.42. The average Bonchev–Trinajstić information content (AvgIpc) is 2.62. The smallest absolute Gasteiger partial charge is 0.311 e. The fourth-order valence-electron chi connectivity index (χ4n) is 2.64. The fourth-order valence-corrected chi connectivity index (χ4v) is 2.64. The summed E-state index contributed by atoms with van der Waals surface area (Å²) in [5.74, 6) is -2.57. The summed E-state index contributed by atoms with van der Waals surface area (Å²) in [6.07, 6.45) is 1.96. The van der Waals surface area contributed by atoms with Gasteiger partial charge in [0.05, 0.1) is 30.3 Å². The summed E-state index contributed by atoms with van der Waals surface area (Å²) >= 11 is 0. The summed E-state index contributed by atoms with van der Waals surface area (Å²) in [5, 5.41) is 8.50. The minimum Gasteiger partial charge on any atom is -0.481 e. The van der Waals surface area contributed by atoms with Crippen LogP contribution in [0.3, 0.4) is 0 Å². The van der Waals surface area contributed by atoms with Crippen molar-refractivity contribution in [3.8, 4) is 0 Å². The van der Waals surface area contributed by atoms with E-state index in [4.69, 9.17) is 19.3 Å². The third-order valence-electron chi connectivity index (χ3n) is 4.51. The molecule has 0 aliphatic rings. The predicted octanol–water partition coefficient (Wildman–Crippen LogP) is 3.11. The molecule has 0 bridgehead atoms. The Morgan fingerprint density at radius 2 is 1.39 bits per heavy atom. The molecule has 1 N–H and O–H groups in total. The van der Waals surface area contributed by atoms with Gasteiger partial charge in [-0.05, 0) is 40.0 Å². The molecule has 0 aromatic rings. The fraction of sp³-hybridized carbons (Fsp3) is 0.800. The highest BCUT2D eigenvalue weighted by molar-refractivity contribution is 5.80. The molecular formula is C20H34O8. The lowest BCUT2D eigenvalue weighted by Crippen LogP contribution is -2.39. The molecule has 0 amide bonds. The Labute approximate surface area is 166 Å². The summed E-state index contributed by atoms with van der Waals surface area (Å²) in [5.41, 5.74) is -1.73. The molecule has 0 saturated carbocycles. The molecule has 162 valence electrons. The van der Waals surface area contributed by atoms with Gasteiger partial charge in [0.2, 0.25) is 0 Å². The van der Waals surface area contributed by atoms with Crippen LogP contribution in [0.25, 0.3) is 0 Å². The zero-order chi connectivity index (χ0) is 21.8. The SMILES string of the molecule is CCCCOC(=O)C(C)(CC)CC(C)(C)C(=O)OCCOC(=O)CCC(=O)O. The number of esters is 3. The van der Waals surface area contributed by atoms with Gasteiger partial charge >= 0.3 is 23.9 Å². The van der Waals surface area contributed by atoms with E-state index in [9.17, 15) is 19.2 Å². The number of carbonyl (C=O) groups excluding carboxylic acids is 3. The molecule has 8 heteroatoms. The largest absolute Gasteiger partial charge is 0.481 e. The van der Waals surface area contributed by atoms with E-state index in [2.05, 4.69) is 0 Å². The van der Waals surface area contributed by atoms with Crippen molar-refractivity contribution < 1.29 is 38.5 Å². The zero-order valence-corrected chi connectivity index (χ0v) is 17.7. The third-order valence-corrected chi connectivity index (χ3v) is 4.51. The highest BCUT2D eigenvalue weighted by Crippen LogP contribution is 2.38. The maximum Gasteiger partial charge on any atom is 0.311 e. The summed E-state index contributed by atoms with van der Waals surface area (Å²) in [4.78, 5) is 46.6. The second-order valence-electron chi connectivity index (χ2n) is 7.71. The Morgan fingerprint density at radius 3 is 1.93 bits per heavy atom. The van der Waals surface area contributed by atoms with Crippen LogP contribution in [0.5, 0.6) is 0 Å². The third kappa shape index (κ3) is 9.71. The molecule has 0 aliphatic carbocycles. The maximum absolute atomic E-state index is 12.4. The van der Waals surface area contributed by atoms with E-state index in [0.717, 1.165) is 12.8 Å². The van der Waals surface area contributed by atoms with E-state index < -0.39 is 28.7 Å². The van der Waals surface area contributed by atoms with Gasteiger partial charge in [-0.15, -0.1) is 0 Å². The normalized spacial score (nSPS) is 13.3. The quantitative estimate of drug-likeness (QED) is 0.268. The van der Waals surface area contributed by atoms with Gasteiger partial charge in [-0.25, -0.2) is 0 Å². The lowest BCUT2D eigenvalue weighted by atomic mass is 9.72. The summed E-state index contributed by atoms with van der Waals surface area (Å²) in [6, 6.07) is 0. The van der Waals surface area contributed by atoms with Crippen molar-refractivity contribution in [1.29, 1.82) is 0 Å². The van der Waals surface area contributed by atoms with Crippen molar-refractivity contribution in [2.24, 2.45) is 10.8 Å². The standard InChI is InChI=1S/C20H34O8/c1-6-8-11-27-18(25)20(5,7-2)14-19(3,4)17(24)28-13-12-26-16(23)10-9-15(21)22/h6-14H2,1-5H3,(H,21,22). The van der Waals surface area contributed by atoms with Crippen molar-refractivity contribution in [3.05, 3.63) is 0 Å². The molecule has 0 aromatic carbocycles. The number of unbranched alkanes of at least 4 members (excludes halogenated alkanes) is 1. The lowest BCUT2D eigenvalue weighted by molar-refractivity contribution is -0.165. The number of ether oxygens (including phenoxy) is 3. The van der Waals surface area contributed by atoms with E-state index in [-0.39, 0.29) is 38.4 Å². The second-order valence-corrected chi connectivity index (χ2v) is 7.71. The van der Waals surface area contributed by atoms with Gasteiger partial charge < -0.3 is 19.3 Å². The van der Waals surface area contributed by atoms with Gasteiger partial charge in [0, 0.05) is 0 Å². The summed E-state index contributed by atoms with van der Waals surface area (Å²) in [7, 11) is 0. The maximum atomic E-state index is 12.4. The van der Waals surface area contributed by atoms with Gasteiger partial charge in [-0.3, -0.25) is 19.2 Å².